The molecule has 0 bridgehead atoms. The summed E-state index contributed by atoms with van der Waals surface area (Å²) in [6.45, 7) is 2.07. The van der Waals surface area contributed by atoms with Crippen molar-refractivity contribution in [3.63, 3.8) is 0 Å². The maximum absolute atomic E-state index is 12.5. The second-order valence-corrected chi connectivity index (χ2v) is 9.63. The van der Waals surface area contributed by atoms with Gasteiger partial charge in [-0.15, -0.1) is 21.5 Å². The predicted molar refractivity (Wildman–Crippen MR) is 132 cm³/mol. The van der Waals surface area contributed by atoms with Crippen LogP contribution < -0.4 is 10.2 Å². The molecule has 0 unspecified atom stereocenters. The third kappa shape index (κ3) is 3.80. The van der Waals surface area contributed by atoms with Crippen molar-refractivity contribution in [3.8, 4) is 10.6 Å². The lowest BCUT2D eigenvalue weighted by Crippen LogP contribution is -2.41. The minimum atomic E-state index is -0.287. The second-order valence-electron chi connectivity index (χ2n) is 8.68. The van der Waals surface area contributed by atoms with Crippen LogP contribution in [0, 0.1) is 0 Å². The summed E-state index contributed by atoms with van der Waals surface area (Å²) in [5.41, 5.74) is 3.84. The van der Waals surface area contributed by atoms with Crippen LogP contribution in [-0.4, -0.2) is 34.4 Å². The molecule has 1 amide bonds. The lowest BCUT2D eigenvalue weighted by atomic mass is 9.74. The zero-order valence-corrected chi connectivity index (χ0v) is 19.3. The van der Waals surface area contributed by atoms with Crippen LogP contribution in [0.15, 0.2) is 70.6 Å². The summed E-state index contributed by atoms with van der Waals surface area (Å²) >= 11 is 1.58. The van der Waals surface area contributed by atoms with Gasteiger partial charge in [0, 0.05) is 24.6 Å². The molecule has 7 nitrogen and oxygen atoms in total. The molecule has 1 aromatic carbocycles. The smallest absolute Gasteiger partial charge is 0.272 e. The van der Waals surface area contributed by atoms with Crippen LogP contribution in [0.5, 0.6) is 0 Å². The molecule has 1 saturated heterocycles. The first-order chi connectivity index (χ1) is 16.7. The average molecular weight is 470 g/mol. The van der Waals surface area contributed by atoms with Crippen molar-refractivity contribution in [2.75, 3.05) is 18.0 Å². The van der Waals surface area contributed by atoms with Crippen molar-refractivity contribution in [2.24, 2.45) is 0 Å². The first-order valence-electron chi connectivity index (χ1n) is 11.4. The van der Waals surface area contributed by atoms with Crippen LogP contribution in [0.25, 0.3) is 16.7 Å². The number of carbonyl (C=O) groups excluding carboxylic acids is 1. The number of piperidine rings is 1. The average Bonchev–Trinajstić information content (AvgIpc) is 3.65. The normalized spacial score (nSPS) is 16.1. The van der Waals surface area contributed by atoms with E-state index in [2.05, 4.69) is 62.0 Å². The topological polar surface area (TPSA) is 84.2 Å². The molecule has 2 aliphatic rings. The minimum Gasteiger partial charge on any atom is -0.355 e. The Bertz CT molecular complexity index is 1340. The molecule has 34 heavy (non-hydrogen) atoms. The second kappa shape index (κ2) is 8.53. The van der Waals surface area contributed by atoms with E-state index in [4.69, 9.17) is 4.52 Å². The van der Waals surface area contributed by atoms with Gasteiger partial charge in [-0.25, -0.2) is 0 Å². The summed E-state index contributed by atoms with van der Waals surface area (Å²) in [5.74, 6) is 1.21. The van der Waals surface area contributed by atoms with E-state index in [9.17, 15) is 4.79 Å². The van der Waals surface area contributed by atoms with Crippen LogP contribution in [0.4, 0.5) is 5.82 Å². The molecular formula is C26H23N5O2S. The molecule has 4 aromatic rings. The molecule has 8 heteroatoms. The summed E-state index contributed by atoms with van der Waals surface area (Å²) in [6, 6.07) is 18.0. The number of thiophene rings is 1. The summed E-state index contributed by atoms with van der Waals surface area (Å²) in [5, 5.41) is 17.4. The molecule has 4 heterocycles. The Labute approximate surface area is 201 Å². The molecule has 1 fully saturated rings. The third-order valence-electron chi connectivity index (χ3n) is 6.69. The van der Waals surface area contributed by atoms with Gasteiger partial charge in [0.2, 0.25) is 0 Å². The third-order valence-corrected chi connectivity index (χ3v) is 7.58. The van der Waals surface area contributed by atoms with Gasteiger partial charge in [0.1, 0.15) is 5.69 Å². The van der Waals surface area contributed by atoms with Crippen molar-refractivity contribution >= 4 is 29.1 Å². The number of aromatic nitrogens is 3. The fraction of sp³-hybridized carbons (Fsp3) is 0.231. The molecule has 0 radical (unpaired) electrons. The Balaban J connectivity index is 1.06. The number of carbonyl (C=O) groups is 1. The zero-order valence-electron chi connectivity index (χ0n) is 18.5. The predicted octanol–water partition coefficient (Wildman–Crippen LogP) is 4.69. The van der Waals surface area contributed by atoms with E-state index >= 15 is 0 Å². The number of rotatable bonds is 5. The highest BCUT2D eigenvalue weighted by Crippen LogP contribution is 2.44. The first kappa shape index (κ1) is 20.8. The van der Waals surface area contributed by atoms with Crippen LogP contribution in [-0.2, 0) is 12.0 Å². The molecule has 3 aromatic heterocycles. The van der Waals surface area contributed by atoms with Crippen LogP contribution in [0.3, 0.4) is 0 Å². The van der Waals surface area contributed by atoms with Crippen molar-refractivity contribution in [2.45, 2.75) is 24.8 Å². The zero-order chi connectivity index (χ0) is 23.0. The number of benzene rings is 1. The van der Waals surface area contributed by atoms with Gasteiger partial charge < -0.3 is 14.7 Å². The Hall–Kier alpha value is -3.78. The molecule has 1 N–H and O–H groups in total. The highest BCUT2D eigenvalue weighted by Gasteiger charge is 2.38. The largest absolute Gasteiger partial charge is 0.355 e. The Morgan fingerprint density at radius 2 is 1.97 bits per heavy atom. The van der Waals surface area contributed by atoms with E-state index in [0.717, 1.165) is 36.6 Å². The molecule has 0 saturated carbocycles. The van der Waals surface area contributed by atoms with Crippen LogP contribution in [0.2, 0.25) is 0 Å². The van der Waals surface area contributed by atoms with E-state index in [1.165, 1.54) is 11.1 Å². The summed E-state index contributed by atoms with van der Waals surface area (Å²) in [6.07, 6.45) is 6.69. The fourth-order valence-corrected chi connectivity index (χ4v) is 5.49. The highest BCUT2D eigenvalue weighted by atomic mass is 32.1. The van der Waals surface area contributed by atoms with Crippen molar-refractivity contribution in [3.05, 3.63) is 88.6 Å². The summed E-state index contributed by atoms with van der Waals surface area (Å²) < 4.78 is 5.36. The van der Waals surface area contributed by atoms with E-state index in [1.807, 2.05) is 29.6 Å². The van der Waals surface area contributed by atoms with Gasteiger partial charge >= 0.3 is 0 Å². The van der Waals surface area contributed by atoms with Crippen molar-refractivity contribution in [1.29, 1.82) is 0 Å². The summed E-state index contributed by atoms with van der Waals surface area (Å²) in [4.78, 5) is 15.8. The number of hydrogen-bond donors (Lipinski definition) is 1. The van der Waals surface area contributed by atoms with Crippen LogP contribution >= 0.6 is 11.3 Å². The van der Waals surface area contributed by atoms with E-state index < -0.39 is 0 Å². The Morgan fingerprint density at radius 3 is 2.76 bits per heavy atom. The number of nitrogens with zero attached hydrogens (tertiary/aromatic N) is 4. The molecular weight excluding hydrogens is 446 g/mol. The molecule has 6 rings (SSSR count). The molecule has 1 spiro atoms. The quantitative estimate of drug-likeness (QED) is 0.457. The highest BCUT2D eigenvalue weighted by molar-refractivity contribution is 7.13. The SMILES string of the molecule is O=C(NCc1cc(-c2cccs2)on1)c1ccc(N2CCC3(C=Cc4ccccc43)CC2)nn1. The number of anilines is 1. The number of amides is 1. The van der Waals surface area contributed by atoms with Gasteiger partial charge in [0.15, 0.2) is 17.3 Å². The maximum atomic E-state index is 12.5. The first-order valence-corrected chi connectivity index (χ1v) is 12.2. The Kier molecular flexibility index (Phi) is 5.22. The maximum Gasteiger partial charge on any atom is 0.272 e. The fourth-order valence-electron chi connectivity index (χ4n) is 4.81. The number of nitrogens with one attached hydrogen (secondary N) is 1. The van der Waals surface area contributed by atoms with Crippen molar-refractivity contribution < 1.29 is 9.32 Å². The molecule has 1 aliphatic heterocycles. The number of fused-ring (bicyclic) bond motifs is 2. The number of allylic oxidation sites excluding steroid dienone is 1. The lowest BCUT2D eigenvalue weighted by molar-refractivity contribution is 0.0944. The minimum absolute atomic E-state index is 0.130. The van der Waals surface area contributed by atoms with Gasteiger partial charge in [-0.1, -0.05) is 47.6 Å². The van der Waals surface area contributed by atoms with Crippen LogP contribution in [0.1, 0.15) is 40.2 Å². The lowest BCUT2D eigenvalue weighted by Gasteiger charge is -2.39. The van der Waals surface area contributed by atoms with E-state index in [1.54, 1.807) is 17.4 Å². The van der Waals surface area contributed by atoms with Crippen molar-refractivity contribution in [1.82, 2.24) is 20.7 Å². The van der Waals surface area contributed by atoms with Gasteiger partial charge in [-0.2, -0.15) is 0 Å². The van der Waals surface area contributed by atoms with Gasteiger partial charge in [-0.3, -0.25) is 4.79 Å². The van der Waals surface area contributed by atoms with Gasteiger partial charge in [0.05, 0.1) is 11.4 Å². The van der Waals surface area contributed by atoms with E-state index in [0.29, 0.717) is 11.5 Å². The molecule has 0 atom stereocenters. The van der Waals surface area contributed by atoms with E-state index in [-0.39, 0.29) is 23.6 Å². The monoisotopic (exact) mass is 469 g/mol. The molecule has 170 valence electrons. The molecule has 1 aliphatic carbocycles. The van der Waals surface area contributed by atoms with Gasteiger partial charge in [-0.05, 0) is 47.5 Å². The standard InChI is InChI=1S/C26H23N5O2S/c32-25(27-17-19-16-22(33-30-19)23-6-3-15-34-23)21-7-8-24(29-28-21)31-13-11-26(12-14-31)10-9-18-4-1-2-5-20(18)26/h1-10,15-16H,11-14,17H2,(H,27,32). The Morgan fingerprint density at radius 1 is 1.09 bits per heavy atom. The van der Waals surface area contributed by atoms with Gasteiger partial charge in [0.25, 0.3) is 5.91 Å². The summed E-state index contributed by atoms with van der Waals surface area (Å²) in [7, 11) is 0. The number of hydrogen-bond acceptors (Lipinski definition) is 7.